The first kappa shape index (κ1) is 13.3. The molecule has 0 aromatic carbocycles. The normalized spacial score (nSPS) is 12.5. The van der Waals surface area contributed by atoms with Gasteiger partial charge < -0.3 is 5.32 Å². The second kappa shape index (κ2) is 6.71. The van der Waals surface area contributed by atoms with Crippen LogP contribution in [0, 0.1) is 0 Å². The molecule has 2 nitrogen and oxygen atoms in total. The van der Waals surface area contributed by atoms with Gasteiger partial charge in [0.05, 0.1) is 4.47 Å². The molecule has 0 aliphatic rings. The van der Waals surface area contributed by atoms with Crippen molar-refractivity contribution in [2.24, 2.45) is 0 Å². The lowest BCUT2D eigenvalue weighted by Gasteiger charge is -2.17. The Hall–Kier alpha value is 0.200. The van der Waals surface area contributed by atoms with Gasteiger partial charge in [0.15, 0.2) is 0 Å². The molecular formula is C10H13Br2ClN2. The zero-order valence-electron chi connectivity index (χ0n) is 8.43. The zero-order chi connectivity index (χ0) is 11.3. The van der Waals surface area contributed by atoms with Crippen molar-refractivity contribution < 1.29 is 0 Å². The molecule has 15 heavy (non-hydrogen) atoms. The topological polar surface area (TPSA) is 24.9 Å². The second-order valence-electron chi connectivity index (χ2n) is 3.21. The summed E-state index contributed by atoms with van der Waals surface area (Å²) >= 11 is 12.6. The van der Waals surface area contributed by atoms with E-state index in [1.807, 2.05) is 6.07 Å². The first-order valence-electron chi connectivity index (χ1n) is 4.81. The lowest BCUT2D eigenvalue weighted by molar-refractivity contribution is 0.671. The van der Waals surface area contributed by atoms with Crippen LogP contribution in [0.1, 0.15) is 19.8 Å². The van der Waals surface area contributed by atoms with Gasteiger partial charge in [0.25, 0.3) is 0 Å². The van der Waals surface area contributed by atoms with Crippen LogP contribution in [0.5, 0.6) is 0 Å². The van der Waals surface area contributed by atoms with Gasteiger partial charge in [-0.15, -0.1) is 11.6 Å². The van der Waals surface area contributed by atoms with Crippen molar-refractivity contribution in [2.45, 2.75) is 25.8 Å². The lowest BCUT2D eigenvalue weighted by atomic mass is 10.2. The maximum Gasteiger partial charge on any atom is 0.140 e. The predicted octanol–water partition coefficient (Wildman–Crippen LogP) is 4.43. The smallest absolute Gasteiger partial charge is 0.140 e. The van der Waals surface area contributed by atoms with E-state index in [0.29, 0.717) is 11.9 Å². The van der Waals surface area contributed by atoms with Crippen LogP contribution in [0.3, 0.4) is 0 Å². The molecule has 0 spiro atoms. The van der Waals surface area contributed by atoms with E-state index in [1.165, 1.54) is 0 Å². The van der Waals surface area contributed by atoms with Crippen molar-refractivity contribution in [2.75, 3.05) is 11.2 Å². The molecule has 0 saturated carbocycles. The average Bonchev–Trinajstić information content (AvgIpc) is 2.21. The van der Waals surface area contributed by atoms with Crippen LogP contribution in [0.2, 0.25) is 0 Å². The highest BCUT2D eigenvalue weighted by molar-refractivity contribution is 9.11. The van der Waals surface area contributed by atoms with E-state index in [1.54, 1.807) is 6.20 Å². The van der Waals surface area contributed by atoms with Gasteiger partial charge in [-0.3, -0.25) is 0 Å². The summed E-state index contributed by atoms with van der Waals surface area (Å²) in [6, 6.07) is 2.36. The third-order valence-electron chi connectivity index (χ3n) is 2.10. The molecule has 5 heteroatoms. The lowest BCUT2D eigenvalue weighted by Crippen LogP contribution is -2.19. The molecule has 0 fully saturated rings. The number of aromatic nitrogens is 1. The van der Waals surface area contributed by atoms with E-state index < -0.39 is 0 Å². The molecule has 0 bridgehead atoms. The SMILES string of the molecule is CCC(CCCl)Nc1ncc(Br)cc1Br. The molecule has 1 unspecified atom stereocenters. The van der Waals surface area contributed by atoms with Crippen LogP contribution in [-0.4, -0.2) is 16.9 Å². The molecule has 1 rings (SSSR count). The van der Waals surface area contributed by atoms with Crippen LogP contribution < -0.4 is 5.32 Å². The molecule has 1 N–H and O–H groups in total. The Balaban J connectivity index is 2.70. The average molecular weight is 356 g/mol. The monoisotopic (exact) mass is 354 g/mol. The van der Waals surface area contributed by atoms with Crippen LogP contribution in [0.25, 0.3) is 0 Å². The minimum Gasteiger partial charge on any atom is -0.366 e. The summed E-state index contributed by atoms with van der Waals surface area (Å²) < 4.78 is 1.93. The number of halogens is 3. The van der Waals surface area contributed by atoms with Gasteiger partial charge >= 0.3 is 0 Å². The molecule has 0 aliphatic heterocycles. The van der Waals surface area contributed by atoms with Crippen molar-refractivity contribution in [3.8, 4) is 0 Å². The number of alkyl halides is 1. The van der Waals surface area contributed by atoms with Crippen molar-refractivity contribution in [1.82, 2.24) is 4.98 Å². The van der Waals surface area contributed by atoms with Gasteiger partial charge in [0.1, 0.15) is 5.82 Å². The first-order chi connectivity index (χ1) is 7.17. The summed E-state index contributed by atoms with van der Waals surface area (Å²) in [5, 5.41) is 3.36. The Labute approximate surface area is 112 Å². The second-order valence-corrected chi connectivity index (χ2v) is 5.36. The highest BCUT2D eigenvalue weighted by Crippen LogP contribution is 2.24. The fraction of sp³-hybridized carbons (Fsp3) is 0.500. The standard InChI is InChI=1S/C10H13Br2ClN2/c1-2-8(3-4-13)15-10-9(12)5-7(11)6-14-10/h5-6,8H,2-4H2,1H3,(H,14,15). The highest BCUT2D eigenvalue weighted by Gasteiger charge is 2.08. The van der Waals surface area contributed by atoms with Gasteiger partial charge in [-0.25, -0.2) is 4.98 Å². The van der Waals surface area contributed by atoms with Crippen LogP contribution >= 0.6 is 43.5 Å². The van der Waals surface area contributed by atoms with Gasteiger partial charge in [-0.05, 0) is 50.8 Å². The largest absolute Gasteiger partial charge is 0.366 e. The van der Waals surface area contributed by atoms with Crippen molar-refractivity contribution in [1.29, 1.82) is 0 Å². The summed E-state index contributed by atoms with van der Waals surface area (Å²) in [5.74, 6) is 1.54. The van der Waals surface area contributed by atoms with E-state index in [-0.39, 0.29) is 0 Å². The number of nitrogens with one attached hydrogen (secondary N) is 1. The van der Waals surface area contributed by atoms with E-state index in [0.717, 1.165) is 27.6 Å². The van der Waals surface area contributed by atoms with E-state index in [2.05, 4.69) is 49.1 Å². The maximum absolute atomic E-state index is 5.73. The summed E-state index contributed by atoms with van der Waals surface area (Å²) in [4.78, 5) is 4.30. The molecule has 0 saturated heterocycles. The maximum atomic E-state index is 5.73. The summed E-state index contributed by atoms with van der Waals surface area (Å²) in [6.07, 6.45) is 3.76. The third kappa shape index (κ3) is 4.29. The fourth-order valence-corrected chi connectivity index (χ4v) is 2.59. The number of pyridine rings is 1. The molecule has 84 valence electrons. The predicted molar refractivity (Wildman–Crippen MR) is 72.7 cm³/mol. The van der Waals surface area contributed by atoms with Gasteiger partial charge in [-0.1, -0.05) is 6.92 Å². The minimum absolute atomic E-state index is 0.382. The summed E-state index contributed by atoms with van der Waals surface area (Å²) in [5.41, 5.74) is 0. The number of hydrogen-bond donors (Lipinski definition) is 1. The highest BCUT2D eigenvalue weighted by atomic mass is 79.9. The van der Waals surface area contributed by atoms with E-state index in [4.69, 9.17) is 11.6 Å². The van der Waals surface area contributed by atoms with Gasteiger partial charge in [0.2, 0.25) is 0 Å². The molecule has 0 amide bonds. The van der Waals surface area contributed by atoms with Crippen molar-refractivity contribution in [3.05, 3.63) is 21.2 Å². The van der Waals surface area contributed by atoms with Crippen LogP contribution in [-0.2, 0) is 0 Å². The number of hydrogen-bond acceptors (Lipinski definition) is 2. The molecular weight excluding hydrogens is 343 g/mol. The Kier molecular flexibility index (Phi) is 5.94. The number of rotatable bonds is 5. The molecule has 0 radical (unpaired) electrons. The summed E-state index contributed by atoms with van der Waals surface area (Å²) in [6.45, 7) is 2.14. The quantitative estimate of drug-likeness (QED) is 0.790. The van der Waals surface area contributed by atoms with Crippen molar-refractivity contribution >= 4 is 49.3 Å². The zero-order valence-corrected chi connectivity index (χ0v) is 12.4. The van der Waals surface area contributed by atoms with Crippen molar-refractivity contribution in [3.63, 3.8) is 0 Å². The Morgan fingerprint density at radius 1 is 1.53 bits per heavy atom. The molecule has 1 heterocycles. The van der Waals surface area contributed by atoms with Gasteiger partial charge in [0, 0.05) is 22.6 Å². The number of nitrogens with zero attached hydrogens (tertiary/aromatic N) is 1. The van der Waals surface area contributed by atoms with E-state index in [9.17, 15) is 0 Å². The molecule has 0 aliphatic carbocycles. The van der Waals surface area contributed by atoms with Gasteiger partial charge in [-0.2, -0.15) is 0 Å². The molecule has 1 aromatic rings. The Morgan fingerprint density at radius 3 is 2.80 bits per heavy atom. The van der Waals surface area contributed by atoms with Crippen LogP contribution in [0.15, 0.2) is 21.2 Å². The third-order valence-corrected chi connectivity index (χ3v) is 3.36. The fourth-order valence-electron chi connectivity index (χ4n) is 1.22. The first-order valence-corrected chi connectivity index (χ1v) is 6.93. The number of anilines is 1. The molecule has 1 atom stereocenters. The summed E-state index contributed by atoms with van der Waals surface area (Å²) in [7, 11) is 0. The van der Waals surface area contributed by atoms with Crippen LogP contribution in [0.4, 0.5) is 5.82 Å². The minimum atomic E-state index is 0.382. The Bertz CT molecular complexity index is 320. The molecule has 1 aromatic heterocycles. The van der Waals surface area contributed by atoms with E-state index >= 15 is 0 Å². The Morgan fingerprint density at radius 2 is 2.27 bits per heavy atom.